The van der Waals surface area contributed by atoms with Crippen LogP contribution in [0.2, 0.25) is 0 Å². The van der Waals surface area contributed by atoms with E-state index in [1.807, 2.05) is 72.8 Å². The summed E-state index contributed by atoms with van der Waals surface area (Å²) in [7, 11) is 0. The van der Waals surface area contributed by atoms with E-state index in [9.17, 15) is 4.79 Å². The van der Waals surface area contributed by atoms with E-state index in [1.54, 1.807) is 12.1 Å². The summed E-state index contributed by atoms with van der Waals surface area (Å²) in [5, 5.41) is 0. The van der Waals surface area contributed by atoms with Gasteiger partial charge in [0, 0.05) is 0 Å². The summed E-state index contributed by atoms with van der Waals surface area (Å²) >= 11 is 0. The normalized spacial score (nSPS) is 11.4. The first-order valence-electron chi connectivity index (χ1n) is 17.4. The molecule has 0 aliphatic heterocycles. The first-order chi connectivity index (χ1) is 24.0. The van der Waals surface area contributed by atoms with Crippen LogP contribution in [-0.4, -0.2) is 19.2 Å². The van der Waals surface area contributed by atoms with Gasteiger partial charge < -0.3 is 14.2 Å². The minimum Gasteiger partial charge on any atom is -0.494 e. The van der Waals surface area contributed by atoms with Crippen LogP contribution in [0.25, 0.3) is 27.1 Å². The molecule has 0 N–H and O–H groups in total. The summed E-state index contributed by atoms with van der Waals surface area (Å²) in [6.45, 7) is 12.9. The van der Waals surface area contributed by atoms with E-state index >= 15 is 0 Å². The molecule has 5 aromatic carbocycles. The third-order valence-electron chi connectivity index (χ3n) is 8.73. The third-order valence-corrected chi connectivity index (χ3v) is 8.73. The molecule has 0 heterocycles. The number of benzene rings is 5. The molecule has 5 rings (SSSR count). The van der Waals surface area contributed by atoms with Gasteiger partial charge in [-0.15, -0.1) is 0 Å². The molecule has 0 aliphatic rings. The molecule has 49 heavy (non-hydrogen) atoms. The Morgan fingerprint density at radius 2 is 1.02 bits per heavy atom. The van der Waals surface area contributed by atoms with E-state index in [2.05, 4.69) is 55.1 Å². The highest BCUT2D eigenvalue weighted by Gasteiger charge is 2.10. The molecule has 0 saturated heterocycles. The summed E-state index contributed by atoms with van der Waals surface area (Å²) in [4.78, 5) is 16.2. The van der Waals surface area contributed by atoms with E-state index in [1.165, 1.54) is 12.0 Å². The quantitative estimate of drug-likeness (QED) is 0.0434. The Morgan fingerprint density at radius 1 is 0.592 bits per heavy atom. The first kappa shape index (κ1) is 35.0. The van der Waals surface area contributed by atoms with E-state index in [0.717, 1.165) is 72.3 Å². The van der Waals surface area contributed by atoms with Crippen LogP contribution in [0.1, 0.15) is 68.3 Å². The standard InChI is InChI=1S/C44H45NO4/c1-4-33(2)32-34-10-12-35(13-11-34)38-18-28-43(29-19-38)49-44(46)39-20-26-42(27-21-39)48-31-9-7-5-6-8-30-47-41-24-16-37(17-25-41)36-14-22-40(45-3)23-15-36/h10-29,33H,4-9,30-32H2,1-2H3. The minimum absolute atomic E-state index is 0.390. The summed E-state index contributed by atoms with van der Waals surface area (Å²) < 4.78 is 17.4. The maximum absolute atomic E-state index is 12.7. The Labute approximate surface area is 291 Å². The zero-order valence-corrected chi connectivity index (χ0v) is 28.6. The van der Waals surface area contributed by atoms with Gasteiger partial charge in [0.15, 0.2) is 5.69 Å². The zero-order valence-electron chi connectivity index (χ0n) is 28.6. The van der Waals surface area contributed by atoms with Gasteiger partial charge in [-0.1, -0.05) is 112 Å². The number of hydrogen-bond acceptors (Lipinski definition) is 4. The van der Waals surface area contributed by atoms with Crippen molar-refractivity contribution in [1.82, 2.24) is 0 Å². The topological polar surface area (TPSA) is 49.1 Å². The monoisotopic (exact) mass is 651 g/mol. The van der Waals surface area contributed by atoms with E-state index in [-0.39, 0.29) is 0 Å². The highest BCUT2D eigenvalue weighted by molar-refractivity contribution is 5.91. The van der Waals surface area contributed by atoms with E-state index in [4.69, 9.17) is 20.8 Å². The molecular weight excluding hydrogens is 606 g/mol. The summed E-state index contributed by atoms with van der Waals surface area (Å²) in [5.74, 6) is 2.43. The van der Waals surface area contributed by atoms with Crippen molar-refractivity contribution in [2.24, 2.45) is 5.92 Å². The van der Waals surface area contributed by atoms with Crippen molar-refractivity contribution in [1.29, 1.82) is 0 Å². The molecule has 0 amide bonds. The van der Waals surface area contributed by atoms with Crippen LogP contribution >= 0.6 is 0 Å². The summed E-state index contributed by atoms with van der Waals surface area (Å²) in [6, 6.07) is 39.2. The number of rotatable bonds is 17. The number of ether oxygens (including phenoxy) is 3. The van der Waals surface area contributed by atoms with Crippen molar-refractivity contribution in [3.05, 3.63) is 144 Å². The molecule has 0 fully saturated rings. The van der Waals surface area contributed by atoms with Crippen molar-refractivity contribution < 1.29 is 19.0 Å². The van der Waals surface area contributed by atoms with Crippen molar-refractivity contribution in [3.63, 3.8) is 0 Å². The van der Waals surface area contributed by atoms with Crippen LogP contribution < -0.4 is 14.2 Å². The number of nitrogens with zero attached hydrogens (tertiary/aromatic N) is 1. The number of esters is 1. The van der Waals surface area contributed by atoms with Crippen molar-refractivity contribution in [2.45, 2.75) is 58.8 Å². The summed E-state index contributed by atoms with van der Waals surface area (Å²) in [5.41, 5.74) is 6.92. The van der Waals surface area contributed by atoms with Gasteiger partial charge >= 0.3 is 5.97 Å². The molecule has 0 spiro atoms. The molecule has 0 saturated carbocycles. The molecule has 250 valence electrons. The van der Waals surface area contributed by atoms with Crippen LogP contribution in [0.5, 0.6) is 17.2 Å². The molecule has 0 radical (unpaired) electrons. The van der Waals surface area contributed by atoms with Crippen molar-refractivity contribution >= 4 is 11.7 Å². The van der Waals surface area contributed by atoms with Gasteiger partial charge in [0.25, 0.3) is 0 Å². The molecular formula is C44H45NO4. The lowest BCUT2D eigenvalue weighted by molar-refractivity contribution is 0.0734. The Balaban J connectivity index is 0.936. The lowest BCUT2D eigenvalue weighted by atomic mass is 9.97. The van der Waals surface area contributed by atoms with Gasteiger partial charge in [-0.25, -0.2) is 9.64 Å². The molecule has 5 aromatic rings. The smallest absolute Gasteiger partial charge is 0.343 e. The lowest BCUT2D eigenvalue weighted by Gasteiger charge is -2.10. The SMILES string of the molecule is [C-]#[N+]c1ccc(-c2ccc(OCCCCCCCOc3ccc(C(=O)Oc4ccc(-c5ccc(CC(C)CC)cc5)cc4)cc3)cc2)cc1. The van der Waals surface area contributed by atoms with Gasteiger partial charge in [-0.05, 0) is 102 Å². The largest absolute Gasteiger partial charge is 0.494 e. The number of carbonyl (C=O) groups is 1. The van der Waals surface area contributed by atoms with Crippen LogP contribution in [0, 0.1) is 12.5 Å². The molecule has 5 nitrogen and oxygen atoms in total. The highest BCUT2D eigenvalue weighted by atomic mass is 16.5. The summed E-state index contributed by atoms with van der Waals surface area (Å²) in [6.07, 6.45) is 7.59. The average molecular weight is 652 g/mol. The minimum atomic E-state index is -0.390. The zero-order chi connectivity index (χ0) is 34.3. The van der Waals surface area contributed by atoms with Gasteiger partial charge in [-0.3, -0.25) is 0 Å². The maximum Gasteiger partial charge on any atom is 0.343 e. The number of carbonyl (C=O) groups excluding carboxylic acids is 1. The van der Waals surface area contributed by atoms with Gasteiger partial charge in [0.1, 0.15) is 17.2 Å². The Kier molecular flexibility index (Phi) is 13.0. The Morgan fingerprint density at radius 3 is 1.51 bits per heavy atom. The predicted molar refractivity (Wildman–Crippen MR) is 199 cm³/mol. The fraction of sp³-hybridized carbons (Fsp3) is 0.273. The van der Waals surface area contributed by atoms with E-state index in [0.29, 0.717) is 36.1 Å². The fourth-order valence-electron chi connectivity index (χ4n) is 5.54. The van der Waals surface area contributed by atoms with E-state index < -0.39 is 5.97 Å². The molecule has 0 aromatic heterocycles. The molecule has 5 heteroatoms. The number of unbranched alkanes of at least 4 members (excludes halogenated alkanes) is 4. The van der Waals surface area contributed by atoms with Gasteiger partial charge in [-0.2, -0.15) is 0 Å². The van der Waals surface area contributed by atoms with Crippen molar-refractivity contribution in [2.75, 3.05) is 13.2 Å². The second kappa shape index (κ2) is 18.3. The van der Waals surface area contributed by atoms with Crippen LogP contribution in [-0.2, 0) is 6.42 Å². The molecule has 0 bridgehead atoms. The second-order valence-electron chi connectivity index (χ2n) is 12.5. The van der Waals surface area contributed by atoms with Gasteiger partial charge in [0.05, 0.1) is 25.3 Å². The molecule has 1 atom stereocenters. The highest BCUT2D eigenvalue weighted by Crippen LogP contribution is 2.26. The lowest BCUT2D eigenvalue weighted by Crippen LogP contribution is -2.08. The van der Waals surface area contributed by atoms with Crippen LogP contribution in [0.15, 0.2) is 121 Å². The van der Waals surface area contributed by atoms with Crippen LogP contribution in [0.4, 0.5) is 5.69 Å². The Hall–Kier alpha value is -5.34. The average Bonchev–Trinajstić information content (AvgIpc) is 3.15. The maximum atomic E-state index is 12.7. The Bertz CT molecular complexity index is 1770. The van der Waals surface area contributed by atoms with Crippen molar-refractivity contribution in [3.8, 4) is 39.5 Å². The molecule has 1 unspecified atom stereocenters. The third kappa shape index (κ3) is 10.8. The van der Waals surface area contributed by atoms with Crippen LogP contribution in [0.3, 0.4) is 0 Å². The molecule has 0 aliphatic carbocycles. The van der Waals surface area contributed by atoms with Gasteiger partial charge in [0.2, 0.25) is 0 Å². The first-order valence-corrected chi connectivity index (χ1v) is 17.4. The predicted octanol–water partition coefficient (Wildman–Crippen LogP) is 11.8. The number of hydrogen-bond donors (Lipinski definition) is 0. The fourth-order valence-corrected chi connectivity index (χ4v) is 5.54. The second-order valence-corrected chi connectivity index (χ2v) is 12.5.